The summed E-state index contributed by atoms with van der Waals surface area (Å²) in [6.45, 7) is 6.48. The molecule has 4 heterocycles. The topological polar surface area (TPSA) is 24.1 Å². The highest BCUT2D eigenvalue weighted by Crippen LogP contribution is 2.35. The van der Waals surface area contributed by atoms with Gasteiger partial charge in [0.1, 0.15) is 0 Å². The third kappa shape index (κ3) is 5.59. The zero-order chi connectivity index (χ0) is 23.7. The highest BCUT2D eigenvalue weighted by molar-refractivity contribution is 7.20. The van der Waals surface area contributed by atoms with Crippen molar-refractivity contribution in [3.8, 4) is 0 Å². The lowest BCUT2D eigenvalue weighted by atomic mass is 10.0. The van der Waals surface area contributed by atoms with Gasteiger partial charge in [-0.1, -0.05) is 35.4 Å². The fourth-order valence-corrected chi connectivity index (χ4v) is 7.05. The predicted octanol–water partition coefficient (Wildman–Crippen LogP) is 8.64. The Labute approximate surface area is 219 Å². The van der Waals surface area contributed by atoms with Crippen LogP contribution < -0.4 is 10.6 Å². The lowest BCUT2D eigenvalue weighted by Crippen LogP contribution is -2.29. The van der Waals surface area contributed by atoms with E-state index in [9.17, 15) is 0 Å². The van der Waals surface area contributed by atoms with Crippen molar-refractivity contribution in [3.63, 3.8) is 0 Å². The molecule has 0 bridgehead atoms. The Morgan fingerprint density at radius 3 is 2.00 bits per heavy atom. The van der Waals surface area contributed by atoms with Gasteiger partial charge in [-0.05, 0) is 104 Å². The number of hydrogen-bond acceptors (Lipinski definition) is 4. The first-order chi connectivity index (χ1) is 16.4. The van der Waals surface area contributed by atoms with Gasteiger partial charge in [-0.2, -0.15) is 0 Å². The lowest BCUT2D eigenvalue weighted by Gasteiger charge is -2.19. The number of fused-ring (bicyclic) bond motifs is 2. The van der Waals surface area contributed by atoms with Crippen LogP contribution in [0.2, 0.25) is 10.0 Å². The van der Waals surface area contributed by atoms with E-state index < -0.39 is 0 Å². The minimum atomic E-state index is 0.479. The molecule has 0 spiro atoms. The van der Waals surface area contributed by atoms with Crippen LogP contribution >= 0.6 is 45.9 Å². The molecule has 0 saturated carbocycles. The number of halogens is 2. The number of hydrogen-bond donors (Lipinski definition) is 2. The molecule has 2 nitrogen and oxygen atoms in total. The molecule has 2 unspecified atom stereocenters. The molecule has 2 aliphatic heterocycles. The van der Waals surface area contributed by atoms with Gasteiger partial charge >= 0.3 is 0 Å². The normalized spacial score (nSPS) is 20.6. The molecule has 0 amide bonds. The van der Waals surface area contributed by atoms with E-state index in [2.05, 4.69) is 60.9 Å². The van der Waals surface area contributed by atoms with Crippen molar-refractivity contribution in [1.82, 2.24) is 10.6 Å². The Morgan fingerprint density at radius 1 is 0.794 bits per heavy atom. The first-order valence-electron chi connectivity index (χ1n) is 11.7. The van der Waals surface area contributed by atoms with Crippen molar-refractivity contribution in [1.29, 1.82) is 0 Å². The molecular weight excluding hydrogens is 499 g/mol. The van der Waals surface area contributed by atoms with Gasteiger partial charge in [0.05, 0.1) is 0 Å². The van der Waals surface area contributed by atoms with E-state index in [0.717, 1.165) is 36.0 Å². The highest BCUT2D eigenvalue weighted by Gasteiger charge is 2.14. The van der Waals surface area contributed by atoms with Gasteiger partial charge < -0.3 is 10.6 Å². The van der Waals surface area contributed by atoms with Crippen LogP contribution in [0.4, 0.5) is 0 Å². The Balaban J connectivity index is 0.000000142. The zero-order valence-electron chi connectivity index (χ0n) is 19.3. The van der Waals surface area contributed by atoms with Crippen LogP contribution in [0.25, 0.3) is 31.3 Å². The predicted molar refractivity (Wildman–Crippen MR) is 154 cm³/mol. The average Bonchev–Trinajstić information content (AvgIpc) is 3.43. The molecule has 34 heavy (non-hydrogen) atoms. The highest BCUT2D eigenvalue weighted by atomic mass is 35.5. The molecule has 2 aromatic heterocycles. The first kappa shape index (κ1) is 24.1. The Bertz CT molecular complexity index is 1380. The summed E-state index contributed by atoms with van der Waals surface area (Å²) in [5.74, 6) is 0. The van der Waals surface area contributed by atoms with Gasteiger partial charge in [0.25, 0.3) is 0 Å². The quantitative estimate of drug-likeness (QED) is 0.273. The standard InChI is InChI=1S/2C14H14ClNS/c2*1-9-6-10(4-5-16-9)14-8-11-7-12(15)2-3-13(11)17-14/h2-3,6-9,16H,4-5H2,1H3;2-4,7-9,16H,5-6H2,1H3. The second-order valence-electron chi connectivity index (χ2n) is 9.01. The molecule has 0 fully saturated rings. The number of nitrogens with one attached hydrogen (secondary N) is 2. The smallest absolute Gasteiger partial charge is 0.0412 e. The summed E-state index contributed by atoms with van der Waals surface area (Å²) in [6.07, 6.45) is 6.85. The SMILES string of the molecule is CC1C=C(c2cc3cc(Cl)ccc3s2)CCN1.CC1CC(c2cc3cc(Cl)ccc3s2)=CCN1. The van der Waals surface area contributed by atoms with Gasteiger partial charge in [0.15, 0.2) is 0 Å². The van der Waals surface area contributed by atoms with Crippen molar-refractivity contribution < 1.29 is 0 Å². The molecule has 0 saturated heterocycles. The van der Waals surface area contributed by atoms with E-state index in [1.807, 2.05) is 46.9 Å². The molecule has 176 valence electrons. The summed E-state index contributed by atoms with van der Waals surface area (Å²) in [5, 5.41) is 11.0. The van der Waals surface area contributed by atoms with Crippen LogP contribution in [0, 0.1) is 0 Å². The van der Waals surface area contributed by atoms with E-state index in [-0.39, 0.29) is 0 Å². The summed E-state index contributed by atoms with van der Waals surface area (Å²) in [6, 6.07) is 17.8. The van der Waals surface area contributed by atoms with Crippen LogP contribution in [0.3, 0.4) is 0 Å². The van der Waals surface area contributed by atoms with Gasteiger partial charge in [0.2, 0.25) is 0 Å². The third-order valence-electron chi connectivity index (χ3n) is 6.24. The van der Waals surface area contributed by atoms with Gasteiger partial charge in [-0.25, -0.2) is 0 Å². The van der Waals surface area contributed by atoms with Crippen LogP contribution in [-0.4, -0.2) is 25.2 Å². The van der Waals surface area contributed by atoms with E-state index in [1.165, 1.54) is 41.1 Å². The van der Waals surface area contributed by atoms with Crippen LogP contribution in [-0.2, 0) is 0 Å². The van der Waals surface area contributed by atoms with Gasteiger partial charge in [-0.15, -0.1) is 22.7 Å². The van der Waals surface area contributed by atoms with E-state index in [1.54, 1.807) is 0 Å². The van der Waals surface area contributed by atoms with Gasteiger partial charge in [-0.3, -0.25) is 0 Å². The summed E-state index contributed by atoms with van der Waals surface area (Å²) in [7, 11) is 0. The fourth-order valence-electron chi connectivity index (χ4n) is 4.50. The molecule has 6 rings (SSSR count). The second-order valence-corrected chi connectivity index (χ2v) is 12.1. The molecule has 0 aliphatic carbocycles. The number of benzene rings is 2. The fraction of sp³-hybridized carbons (Fsp3) is 0.286. The van der Waals surface area contributed by atoms with E-state index in [0.29, 0.717) is 12.1 Å². The second kappa shape index (κ2) is 10.5. The maximum Gasteiger partial charge on any atom is 0.0412 e. The minimum absolute atomic E-state index is 0.479. The first-order valence-corrected chi connectivity index (χ1v) is 14.1. The average molecular weight is 528 g/mol. The summed E-state index contributed by atoms with van der Waals surface area (Å²) >= 11 is 15.8. The van der Waals surface area contributed by atoms with Crippen molar-refractivity contribution in [2.45, 2.75) is 38.8 Å². The Hall–Kier alpha value is -1.66. The van der Waals surface area contributed by atoms with Crippen molar-refractivity contribution in [2.75, 3.05) is 13.1 Å². The molecular formula is C28H28Cl2N2S2. The van der Waals surface area contributed by atoms with Crippen LogP contribution in [0.5, 0.6) is 0 Å². The van der Waals surface area contributed by atoms with Crippen molar-refractivity contribution in [3.05, 3.63) is 80.5 Å². The number of rotatable bonds is 2. The maximum absolute atomic E-state index is 6.02. The molecule has 2 atom stereocenters. The molecule has 2 N–H and O–H groups in total. The number of thiophene rings is 2. The molecule has 0 radical (unpaired) electrons. The zero-order valence-corrected chi connectivity index (χ0v) is 22.5. The summed E-state index contributed by atoms with van der Waals surface area (Å²) in [5.41, 5.74) is 2.93. The molecule has 2 aromatic carbocycles. The van der Waals surface area contributed by atoms with Crippen LogP contribution in [0.15, 0.2) is 60.7 Å². The summed E-state index contributed by atoms with van der Waals surface area (Å²) in [4.78, 5) is 2.77. The minimum Gasteiger partial charge on any atom is -0.310 e. The van der Waals surface area contributed by atoms with Crippen LogP contribution in [0.1, 0.15) is 36.4 Å². The largest absolute Gasteiger partial charge is 0.310 e. The monoisotopic (exact) mass is 526 g/mol. The lowest BCUT2D eigenvalue weighted by molar-refractivity contribution is 0.580. The molecule has 4 aromatic rings. The molecule has 2 aliphatic rings. The van der Waals surface area contributed by atoms with E-state index in [4.69, 9.17) is 23.2 Å². The Morgan fingerprint density at radius 2 is 1.41 bits per heavy atom. The summed E-state index contributed by atoms with van der Waals surface area (Å²) < 4.78 is 2.63. The van der Waals surface area contributed by atoms with E-state index >= 15 is 0 Å². The molecule has 6 heteroatoms. The van der Waals surface area contributed by atoms with Crippen molar-refractivity contribution >= 4 is 77.2 Å². The van der Waals surface area contributed by atoms with Crippen molar-refractivity contribution in [2.24, 2.45) is 0 Å². The third-order valence-corrected chi connectivity index (χ3v) is 9.10. The maximum atomic E-state index is 6.02. The van der Waals surface area contributed by atoms with Gasteiger partial charge in [0, 0.05) is 47.8 Å². The Kier molecular flexibility index (Phi) is 7.45.